The Morgan fingerprint density at radius 2 is 0.933 bits per heavy atom. The van der Waals surface area contributed by atoms with Crippen LogP contribution < -0.4 is 0 Å². The van der Waals surface area contributed by atoms with E-state index in [9.17, 15) is 9.59 Å². The largest absolute Gasteiger partial charge is 0.465 e. The van der Waals surface area contributed by atoms with Gasteiger partial charge in [-0.05, 0) is 62.2 Å². The maximum Gasteiger partial charge on any atom is 0.308 e. The Kier molecular flexibility index (Phi) is 13.4. The summed E-state index contributed by atoms with van der Waals surface area (Å²) in [4.78, 5) is 24.7. The average molecular weight is 425 g/mol. The highest BCUT2D eigenvalue weighted by atomic mass is 16.5. The van der Waals surface area contributed by atoms with Crippen LogP contribution >= 0.6 is 0 Å². The van der Waals surface area contributed by atoms with Crippen molar-refractivity contribution in [2.45, 2.75) is 106 Å². The van der Waals surface area contributed by atoms with Gasteiger partial charge in [-0.15, -0.1) is 0 Å². The number of rotatable bonds is 14. The van der Waals surface area contributed by atoms with Gasteiger partial charge in [0.05, 0.1) is 25.0 Å². The molecule has 0 aromatic heterocycles. The third-order valence-electron chi connectivity index (χ3n) is 6.58. The van der Waals surface area contributed by atoms with Crippen LogP contribution in [-0.4, -0.2) is 25.2 Å². The molecule has 4 heteroatoms. The number of esters is 2. The fourth-order valence-corrected chi connectivity index (χ4v) is 4.05. The second kappa shape index (κ2) is 14.9. The second-order valence-corrected chi connectivity index (χ2v) is 10.6. The van der Waals surface area contributed by atoms with E-state index >= 15 is 0 Å². The van der Waals surface area contributed by atoms with Gasteiger partial charge in [-0.1, -0.05) is 67.2 Å². The molecular formula is C26H48O4. The Bertz CT molecular complexity index is 433. The molecule has 30 heavy (non-hydrogen) atoms. The Hall–Kier alpha value is -1.06. The number of hydrogen-bond acceptors (Lipinski definition) is 4. The first-order chi connectivity index (χ1) is 14.2. The van der Waals surface area contributed by atoms with Crippen LogP contribution in [0.25, 0.3) is 0 Å². The van der Waals surface area contributed by atoms with Gasteiger partial charge in [-0.2, -0.15) is 0 Å². The molecule has 0 bridgehead atoms. The van der Waals surface area contributed by atoms with Crippen molar-refractivity contribution in [3.63, 3.8) is 0 Å². The quantitative estimate of drug-likeness (QED) is 0.288. The molecule has 1 saturated carbocycles. The van der Waals surface area contributed by atoms with Gasteiger partial charge < -0.3 is 9.47 Å². The topological polar surface area (TPSA) is 52.6 Å². The molecule has 4 nitrogen and oxygen atoms in total. The van der Waals surface area contributed by atoms with E-state index in [0.717, 1.165) is 50.4 Å². The average Bonchev–Trinajstić information content (AvgIpc) is 2.70. The third kappa shape index (κ3) is 12.0. The van der Waals surface area contributed by atoms with Gasteiger partial charge in [0, 0.05) is 0 Å². The van der Waals surface area contributed by atoms with Crippen molar-refractivity contribution in [3.8, 4) is 0 Å². The first-order valence-corrected chi connectivity index (χ1v) is 12.5. The van der Waals surface area contributed by atoms with Gasteiger partial charge in [0.25, 0.3) is 0 Å². The molecule has 176 valence electrons. The lowest BCUT2D eigenvalue weighted by Gasteiger charge is -2.26. The molecule has 0 radical (unpaired) electrons. The summed E-state index contributed by atoms with van der Waals surface area (Å²) in [5.74, 6) is 2.41. The van der Waals surface area contributed by atoms with Gasteiger partial charge in [0.2, 0.25) is 0 Å². The van der Waals surface area contributed by atoms with E-state index in [0.29, 0.717) is 25.0 Å². The summed E-state index contributed by atoms with van der Waals surface area (Å²) in [5.41, 5.74) is 0. The van der Waals surface area contributed by atoms with E-state index in [-0.39, 0.29) is 23.8 Å². The minimum absolute atomic E-state index is 0.0453. The summed E-state index contributed by atoms with van der Waals surface area (Å²) in [6.07, 6.45) is 9.69. The fourth-order valence-electron chi connectivity index (χ4n) is 4.05. The summed E-state index contributed by atoms with van der Waals surface area (Å²) in [7, 11) is 0. The third-order valence-corrected chi connectivity index (χ3v) is 6.58. The van der Waals surface area contributed by atoms with Gasteiger partial charge in [0.15, 0.2) is 0 Å². The van der Waals surface area contributed by atoms with Crippen molar-refractivity contribution in [1.29, 1.82) is 0 Å². The molecule has 1 fully saturated rings. The molecule has 1 rings (SSSR count). The molecule has 0 heterocycles. The zero-order valence-corrected chi connectivity index (χ0v) is 20.6. The monoisotopic (exact) mass is 424 g/mol. The molecule has 0 aromatic carbocycles. The predicted octanol–water partition coefficient (Wildman–Crippen LogP) is 6.80. The molecule has 2 unspecified atom stereocenters. The summed E-state index contributed by atoms with van der Waals surface area (Å²) >= 11 is 0. The minimum Gasteiger partial charge on any atom is -0.465 e. The molecule has 0 aliphatic heterocycles. The van der Waals surface area contributed by atoms with E-state index < -0.39 is 0 Å². The lowest BCUT2D eigenvalue weighted by Crippen LogP contribution is -2.28. The molecule has 1 aliphatic rings. The standard InChI is InChI=1S/C26H48O4/c1-19(2)7-9-21(5)15-17-29-25(27)23-11-13-24(14-12-23)26(28)30-18-16-22(6)10-8-20(3)4/h19-24H,7-18H2,1-6H3. The van der Waals surface area contributed by atoms with Crippen LogP contribution in [0.5, 0.6) is 0 Å². The molecular weight excluding hydrogens is 376 g/mol. The zero-order chi connectivity index (χ0) is 22.5. The molecule has 0 amide bonds. The summed E-state index contributed by atoms with van der Waals surface area (Å²) in [6.45, 7) is 14.5. The highest BCUT2D eigenvalue weighted by Crippen LogP contribution is 2.30. The van der Waals surface area contributed by atoms with Crippen molar-refractivity contribution in [3.05, 3.63) is 0 Å². The molecule has 2 atom stereocenters. The van der Waals surface area contributed by atoms with Crippen molar-refractivity contribution in [2.24, 2.45) is 35.5 Å². The maximum atomic E-state index is 12.3. The molecule has 0 aromatic rings. The van der Waals surface area contributed by atoms with Crippen LogP contribution in [0, 0.1) is 35.5 Å². The van der Waals surface area contributed by atoms with Gasteiger partial charge in [-0.3, -0.25) is 9.59 Å². The number of carbonyl (C=O) groups is 2. The van der Waals surface area contributed by atoms with Crippen molar-refractivity contribution >= 4 is 11.9 Å². The number of carbonyl (C=O) groups excluding carboxylic acids is 2. The van der Waals surface area contributed by atoms with Crippen molar-refractivity contribution < 1.29 is 19.1 Å². The first-order valence-electron chi connectivity index (χ1n) is 12.5. The van der Waals surface area contributed by atoms with E-state index in [1.54, 1.807) is 0 Å². The van der Waals surface area contributed by atoms with Crippen LogP contribution in [0.15, 0.2) is 0 Å². The Morgan fingerprint density at radius 3 is 1.23 bits per heavy atom. The SMILES string of the molecule is CC(C)CCC(C)CCOC(=O)C1CCC(C(=O)OCCC(C)CCC(C)C)CC1. The predicted molar refractivity (Wildman–Crippen MR) is 123 cm³/mol. The number of hydrogen-bond donors (Lipinski definition) is 0. The summed E-state index contributed by atoms with van der Waals surface area (Å²) in [6, 6.07) is 0. The van der Waals surface area contributed by atoms with Crippen LogP contribution in [0.1, 0.15) is 106 Å². The normalized spacial score (nSPS) is 21.5. The Balaban J connectivity index is 2.16. The zero-order valence-electron chi connectivity index (χ0n) is 20.6. The van der Waals surface area contributed by atoms with Crippen molar-refractivity contribution in [2.75, 3.05) is 13.2 Å². The van der Waals surface area contributed by atoms with Gasteiger partial charge in [0.1, 0.15) is 0 Å². The molecule has 0 N–H and O–H groups in total. The Morgan fingerprint density at radius 1 is 0.600 bits per heavy atom. The van der Waals surface area contributed by atoms with Crippen LogP contribution in [0.3, 0.4) is 0 Å². The van der Waals surface area contributed by atoms with Crippen molar-refractivity contribution in [1.82, 2.24) is 0 Å². The van der Waals surface area contributed by atoms with E-state index in [4.69, 9.17) is 9.47 Å². The van der Waals surface area contributed by atoms with Gasteiger partial charge >= 0.3 is 11.9 Å². The van der Waals surface area contributed by atoms with Crippen LogP contribution in [0.4, 0.5) is 0 Å². The van der Waals surface area contributed by atoms with E-state index in [1.807, 2.05) is 0 Å². The molecule has 1 aliphatic carbocycles. The first kappa shape index (κ1) is 27.0. The lowest BCUT2D eigenvalue weighted by atomic mass is 9.82. The molecule has 0 saturated heterocycles. The van der Waals surface area contributed by atoms with E-state index in [1.165, 1.54) is 25.7 Å². The minimum atomic E-state index is -0.0724. The Labute approximate surface area is 185 Å². The second-order valence-electron chi connectivity index (χ2n) is 10.6. The fraction of sp³-hybridized carbons (Fsp3) is 0.923. The smallest absolute Gasteiger partial charge is 0.308 e. The van der Waals surface area contributed by atoms with Crippen LogP contribution in [0.2, 0.25) is 0 Å². The highest BCUT2D eigenvalue weighted by molar-refractivity contribution is 5.75. The summed E-state index contributed by atoms with van der Waals surface area (Å²) in [5, 5.41) is 0. The van der Waals surface area contributed by atoms with Gasteiger partial charge in [-0.25, -0.2) is 0 Å². The lowest BCUT2D eigenvalue weighted by molar-refractivity contribution is -0.155. The highest BCUT2D eigenvalue weighted by Gasteiger charge is 2.31. The number of ether oxygens (including phenoxy) is 2. The maximum absolute atomic E-state index is 12.3. The summed E-state index contributed by atoms with van der Waals surface area (Å²) < 4.78 is 11.1. The molecule has 0 spiro atoms. The van der Waals surface area contributed by atoms with Crippen LogP contribution in [-0.2, 0) is 19.1 Å². The van der Waals surface area contributed by atoms with E-state index in [2.05, 4.69) is 41.5 Å².